The molecule has 0 saturated carbocycles. The van der Waals surface area contributed by atoms with Gasteiger partial charge in [-0.3, -0.25) is 0 Å². The van der Waals surface area contributed by atoms with Gasteiger partial charge in [0, 0.05) is 7.11 Å². The van der Waals surface area contributed by atoms with Crippen LogP contribution in [0.5, 0.6) is 0 Å². The zero-order chi connectivity index (χ0) is 12.6. The van der Waals surface area contributed by atoms with E-state index in [4.69, 9.17) is 9.47 Å². The van der Waals surface area contributed by atoms with Gasteiger partial charge in [-0.05, 0) is 40.2 Å². The van der Waals surface area contributed by atoms with Gasteiger partial charge in [0.25, 0.3) is 0 Å². The van der Waals surface area contributed by atoms with Crippen molar-refractivity contribution in [3.63, 3.8) is 0 Å². The first kappa shape index (κ1) is 15.9. The lowest BCUT2D eigenvalue weighted by molar-refractivity contribution is -0.0619. The first-order valence-corrected chi connectivity index (χ1v) is 6.40. The second kappa shape index (κ2) is 8.04. The van der Waals surface area contributed by atoms with Gasteiger partial charge in [-0.1, -0.05) is 13.8 Å². The van der Waals surface area contributed by atoms with E-state index in [1.165, 1.54) is 0 Å². The largest absolute Gasteiger partial charge is 0.377 e. The van der Waals surface area contributed by atoms with Crippen LogP contribution in [0, 0.1) is 0 Å². The summed E-state index contributed by atoms with van der Waals surface area (Å²) in [5, 5.41) is 3.52. The van der Waals surface area contributed by atoms with E-state index >= 15 is 0 Å². The molecule has 98 valence electrons. The monoisotopic (exact) mass is 231 g/mol. The Balaban J connectivity index is 4.38. The summed E-state index contributed by atoms with van der Waals surface area (Å²) in [5.74, 6) is 0. The maximum absolute atomic E-state index is 5.71. The van der Waals surface area contributed by atoms with Crippen molar-refractivity contribution in [1.82, 2.24) is 5.32 Å². The van der Waals surface area contributed by atoms with Crippen LogP contribution < -0.4 is 5.32 Å². The number of hydrogen-bond acceptors (Lipinski definition) is 3. The SMILES string of the molecule is CCCNC(COC(C)C)C(C)(CC)OC. The molecule has 0 spiro atoms. The highest BCUT2D eigenvalue weighted by Gasteiger charge is 2.32. The van der Waals surface area contributed by atoms with Gasteiger partial charge < -0.3 is 14.8 Å². The molecule has 0 rings (SSSR count). The molecule has 0 radical (unpaired) electrons. The highest BCUT2D eigenvalue weighted by Crippen LogP contribution is 2.20. The van der Waals surface area contributed by atoms with Crippen LogP contribution in [0.15, 0.2) is 0 Å². The van der Waals surface area contributed by atoms with Crippen LogP contribution in [0.1, 0.15) is 47.5 Å². The van der Waals surface area contributed by atoms with Gasteiger partial charge in [0.2, 0.25) is 0 Å². The Kier molecular flexibility index (Phi) is 7.98. The molecule has 16 heavy (non-hydrogen) atoms. The van der Waals surface area contributed by atoms with Gasteiger partial charge in [-0.2, -0.15) is 0 Å². The fraction of sp³-hybridized carbons (Fsp3) is 1.00. The highest BCUT2D eigenvalue weighted by atomic mass is 16.5. The minimum absolute atomic E-state index is 0.149. The second-order valence-corrected chi connectivity index (χ2v) is 4.76. The lowest BCUT2D eigenvalue weighted by Gasteiger charge is -2.36. The third-order valence-electron chi connectivity index (χ3n) is 3.14. The molecule has 0 fully saturated rings. The van der Waals surface area contributed by atoms with Crippen LogP contribution in [-0.4, -0.2) is 38.0 Å². The van der Waals surface area contributed by atoms with Crippen molar-refractivity contribution < 1.29 is 9.47 Å². The molecule has 3 heteroatoms. The maximum Gasteiger partial charge on any atom is 0.0822 e. The van der Waals surface area contributed by atoms with Crippen LogP contribution >= 0.6 is 0 Å². The standard InChI is InChI=1S/C13H29NO2/c1-7-9-14-12(10-16-11(3)4)13(5,8-2)15-6/h11-12,14H,7-10H2,1-6H3. The van der Waals surface area contributed by atoms with Crippen molar-refractivity contribution in [3.05, 3.63) is 0 Å². The summed E-state index contributed by atoms with van der Waals surface area (Å²) in [6.45, 7) is 12.3. The smallest absolute Gasteiger partial charge is 0.0822 e. The lowest BCUT2D eigenvalue weighted by atomic mass is 9.93. The van der Waals surface area contributed by atoms with Gasteiger partial charge in [-0.15, -0.1) is 0 Å². The van der Waals surface area contributed by atoms with E-state index in [2.05, 4.69) is 39.9 Å². The highest BCUT2D eigenvalue weighted by molar-refractivity contribution is 4.88. The number of hydrogen-bond donors (Lipinski definition) is 1. The second-order valence-electron chi connectivity index (χ2n) is 4.76. The van der Waals surface area contributed by atoms with E-state index in [1.54, 1.807) is 7.11 Å². The first-order chi connectivity index (χ1) is 7.50. The molecule has 0 heterocycles. The summed E-state index contributed by atoms with van der Waals surface area (Å²) >= 11 is 0. The Labute approximate surface area is 101 Å². The quantitative estimate of drug-likeness (QED) is 0.661. The van der Waals surface area contributed by atoms with Crippen molar-refractivity contribution in [1.29, 1.82) is 0 Å². The summed E-state index contributed by atoms with van der Waals surface area (Å²) < 4.78 is 11.3. The molecule has 0 aromatic carbocycles. The minimum Gasteiger partial charge on any atom is -0.377 e. The third-order valence-corrected chi connectivity index (χ3v) is 3.14. The Morgan fingerprint density at radius 2 is 1.88 bits per heavy atom. The topological polar surface area (TPSA) is 30.5 Å². The van der Waals surface area contributed by atoms with E-state index < -0.39 is 0 Å². The number of methoxy groups -OCH3 is 1. The maximum atomic E-state index is 5.71. The van der Waals surface area contributed by atoms with Crippen molar-refractivity contribution in [2.45, 2.75) is 65.2 Å². The molecule has 0 aromatic heterocycles. The van der Waals surface area contributed by atoms with Crippen molar-refractivity contribution in [2.24, 2.45) is 0 Å². The van der Waals surface area contributed by atoms with E-state index in [-0.39, 0.29) is 17.7 Å². The molecule has 2 unspecified atom stereocenters. The molecule has 2 atom stereocenters. The Morgan fingerprint density at radius 3 is 2.25 bits per heavy atom. The molecule has 1 N–H and O–H groups in total. The average Bonchev–Trinajstić information content (AvgIpc) is 2.28. The van der Waals surface area contributed by atoms with E-state index in [0.29, 0.717) is 6.61 Å². The van der Waals surface area contributed by atoms with Crippen molar-refractivity contribution in [2.75, 3.05) is 20.3 Å². The van der Waals surface area contributed by atoms with Crippen LogP contribution in [0.25, 0.3) is 0 Å². The number of rotatable bonds is 9. The molecule has 0 aliphatic rings. The fourth-order valence-corrected chi connectivity index (χ4v) is 1.59. The molecule has 0 aliphatic carbocycles. The van der Waals surface area contributed by atoms with Gasteiger partial charge in [-0.25, -0.2) is 0 Å². The van der Waals surface area contributed by atoms with E-state index in [9.17, 15) is 0 Å². The zero-order valence-electron chi connectivity index (χ0n) is 11.8. The summed E-state index contributed by atoms with van der Waals surface area (Å²) in [4.78, 5) is 0. The summed E-state index contributed by atoms with van der Waals surface area (Å²) in [5.41, 5.74) is -0.149. The average molecular weight is 231 g/mol. The van der Waals surface area contributed by atoms with Crippen LogP contribution in [0.4, 0.5) is 0 Å². The fourth-order valence-electron chi connectivity index (χ4n) is 1.59. The zero-order valence-corrected chi connectivity index (χ0v) is 11.8. The Morgan fingerprint density at radius 1 is 1.25 bits per heavy atom. The van der Waals surface area contributed by atoms with E-state index in [1.807, 2.05) is 0 Å². The van der Waals surface area contributed by atoms with Crippen LogP contribution in [-0.2, 0) is 9.47 Å². The summed E-state index contributed by atoms with van der Waals surface area (Å²) in [7, 11) is 1.78. The predicted molar refractivity (Wildman–Crippen MR) is 68.9 cm³/mol. The first-order valence-electron chi connectivity index (χ1n) is 6.40. The van der Waals surface area contributed by atoms with Crippen LogP contribution in [0.3, 0.4) is 0 Å². The predicted octanol–water partition coefficient (Wildman–Crippen LogP) is 2.59. The Hall–Kier alpha value is -0.120. The van der Waals surface area contributed by atoms with E-state index in [0.717, 1.165) is 19.4 Å². The number of ether oxygens (including phenoxy) is 2. The minimum atomic E-state index is -0.149. The molecule has 0 saturated heterocycles. The van der Waals surface area contributed by atoms with Crippen molar-refractivity contribution >= 4 is 0 Å². The molecule has 0 aliphatic heterocycles. The van der Waals surface area contributed by atoms with Crippen molar-refractivity contribution in [3.8, 4) is 0 Å². The van der Waals surface area contributed by atoms with Gasteiger partial charge >= 0.3 is 0 Å². The van der Waals surface area contributed by atoms with Gasteiger partial charge in [0.05, 0.1) is 24.4 Å². The molecule has 0 bridgehead atoms. The summed E-state index contributed by atoms with van der Waals surface area (Å²) in [6, 6.07) is 0.254. The molecular formula is C13H29NO2. The lowest BCUT2D eigenvalue weighted by Crippen LogP contribution is -2.53. The third kappa shape index (κ3) is 5.28. The molecule has 0 aromatic rings. The van der Waals surface area contributed by atoms with Gasteiger partial charge in [0.15, 0.2) is 0 Å². The molecular weight excluding hydrogens is 202 g/mol. The number of nitrogens with one attached hydrogen (secondary N) is 1. The summed E-state index contributed by atoms with van der Waals surface area (Å²) in [6.07, 6.45) is 2.37. The van der Waals surface area contributed by atoms with Gasteiger partial charge in [0.1, 0.15) is 0 Å². The molecule has 3 nitrogen and oxygen atoms in total. The Bertz CT molecular complexity index is 167. The normalized spacial score (nSPS) is 17.4. The van der Waals surface area contributed by atoms with Crippen LogP contribution in [0.2, 0.25) is 0 Å². The molecule has 0 amide bonds.